The molecule has 0 aliphatic heterocycles. The summed E-state index contributed by atoms with van der Waals surface area (Å²) >= 11 is 0. The zero-order valence-corrected chi connectivity index (χ0v) is 16.0. The lowest BCUT2D eigenvalue weighted by atomic mass is 9.79. The van der Waals surface area contributed by atoms with Crippen LogP contribution in [0.2, 0.25) is 0 Å². The van der Waals surface area contributed by atoms with Gasteiger partial charge in [-0.1, -0.05) is 46.0 Å². The van der Waals surface area contributed by atoms with Gasteiger partial charge in [-0.2, -0.15) is 26.3 Å². The van der Waals surface area contributed by atoms with E-state index in [2.05, 4.69) is 4.89 Å². The minimum absolute atomic E-state index is 0.0493. The summed E-state index contributed by atoms with van der Waals surface area (Å²) in [7, 11) is 0. The normalized spacial score (nSPS) is 23.4. The molecule has 1 unspecified atom stereocenters. The topological polar surface area (TPSA) is 47.9 Å². The molecule has 0 heterocycles. The number of hydrogen-bond acceptors (Lipinski definition) is 4. The molecule has 4 nitrogen and oxygen atoms in total. The van der Waals surface area contributed by atoms with Crippen molar-refractivity contribution in [3.63, 3.8) is 0 Å². The number of alkyl halides is 6. The third kappa shape index (κ3) is 4.29. The smallest absolute Gasteiger partial charge is 0.349 e. The van der Waals surface area contributed by atoms with Crippen LogP contribution in [0.3, 0.4) is 0 Å². The van der Waals surface area contributed by atoms with E-state index in [0.29, 0.717) is 12.8 Å². The Labute approximate surface area is 160 Å². The molecule has 0 radical (unpaired) electrons. The maximum atomic E-state index is 14.1. The van der Waals surface area contributed by atoms with Gasteiger partial charge < -0.3 is 9.47 Å². The van der Waals surface area contributed by atoms with Crippen LogP contribution in [-0.4, -0.2) is 41.2 Å². The molecule has 10 heteroatoms. The highest BCUT2D eigenvalue weighted by Crippen LogP contribution is 2.59. The summed E-state index contributed by atoms with van der Waals surface area (Å²) in [6.07, 6.45) is -11.5. The lowest BCUT2D eigenvalue weighted by Crippen LogP contribution is -2.73. The molecule has 2 fully saturated rings. The minimum Gasteiger partial charge on any atom is -0.349 e. The molecular weight excluding hydrogens is 394 g/mol. The van der Waals surface area contributed by atoms with Gasteiger partial charge in [-0.15, -0.1) is 0 Å². The van der Waals surface area contributed by atoms with Crippen molar-refractivity contribution >= 4 is 0 Å². The zero-order chi connectivity index (χ0) is 21.2. The summed E-state index contributed by atoms with van der Waals surface area (Å²) in [5.41, 5.74) is -7.66. The van der Waals surface area contributed by atoms with Crippen molar-refractivity contribution in [1.82, 2.24) is 0 Å². The van der Waals surface area contributed by atoms with Crippen molar-refractivity contribution in [2.45, 2.75) is 108 Å². The predicted molar refractivity (Wildman–Crippen MR) is 87.4 cm³/mol. The lowest BCUT2D eigenvalue weighted by Gasteiger charge is -2.49. The highest BCUT2D eigenvalue weighted by atomic mass is 19.4. The second-order valence-corrected chi connectivity index (χ2v) is 8.10. The van der Waals surface area contributed by atoms with Crippen LogP contribution < -0.4 is 0 Å². The Morgan fingerprint density at radius 2 is 1.36 bits per heavy atom. The van der Waals surface area contributed by atoms with Gasteiger partial charge in [0.1, 0.15) is 0 Å². The highest BCUT2D eigenvalue weighted by molar-refractivity contribution is 5.13. The number of rotatable bonds is 7. The van der Waals surface area contributed by atoms with E-state index in [-0.39, 0.29) is 12.8 Å². The molecule has 0 bridgehead atoms. The standard InChI is InChI=1S/C18H28F6O4/c1-12(2)14(26-13-8-4-3-5-9-13)27-16(17(19,20)21,18(22,23)24)15(28-25)10-6-7-11-15/h12-14,25H,3-11H2,1-2H3. The Morgan fingerprint density at radius 3 is 1.75 bits per heavy atom. The summed E-state index contributed by atoms with van der Waals surface area (Å²) in [4.78, 5) is 3.97. The Balaban J connectivity index is 2.47. The molecule has 2 aliphatic rings. The first-order chi connectivity index (χ1) is 12.9. The molecule has 2 rings (SSSR count). The van der Waals surface area contributed by atoms with Gasteiger partial charge in [0, 0.05) is 5.92 Å². The van der Waals surface area contributed by atoms with E-state index < -0.39 is 54.7 Å². The first-order valence-corrected chi connectivity index (χ1v) is 9.69. The second-order valence-electron chi connectivity index (χ2n) is 8.10. The van der Waals surface area contributed by atoms with Gasteiger partial charge in [0.15, 0.2) is 11.9 Å². The highest BCUT2D eigenvalue weighted by Gasteiger charge is 2.83. The molecule has 1 N–H and O–H groups in total. The SMILES string of the molecule is CC(C)C(OC1CCCCC1)OC(C(F)(F)F)(C(F)(F)F)C1(OO)CCCC1. The van der Waals surface area contributed by atoms with Crippen molar-refractivity contribution in [2.24, 2.45) is 5.92 Å². The molecular formula is C18H28F6O4. The summed E-state index contributed by atoms with van der Waals surface area (Å²) in [6, 6.07) is 0. The fourth-order valence-corrected chi connectivity index (χ4v) is 4.26. The van der Waals surface area contributed by atoms with Crippen LogP contribution in [0.15, 0.2) is 0 Å². The van der Waals surface area contributed by atoms with Crippen LogP contribution in [0.4, 0.5) is 26.3 Å². The molecule has 28 heavy (non-hydrogen) atoms. The predicted octanol–water partition coefficient (Wildman–Crippen LogP) is 6.00. The number of hydrogen-bond donors (Lipinski definition) is 1. The van der Waals surface area contributed by atoms with Gasteiger partial charge >= 0.3 is 12.4 Å². The molecule has 0 aromatic heterocycles. The van der Waals surface area contributed by atoms with Gasteiger partial charge in [-0.05, 0) is 25.7 Å². The molecule has 0 aromatic carbocycles. The van der Waals surface area contributed by atoms with Crippen LogP contribution in [0, 0.1) is 5.92 Å². The molecule has 166 valence electrons. The summed E-state index contributed by atoms with van der Waals surface area (Å²) < 4.78 is 94.8. The quantitative estimate of drug-likeness (QED) is 0.237. The van der Waals surface area contributed by atoms with Crippen molar-refractivity contribution in [1.29, 1.82) is 0 Å². The third-order valence-corrected chi connectivity index (χ3v) is 5.74. The fourth-order valence-electron chi connectivity index (χ4n) is 4.26. The Kier molecular flexibility index (Phi) is 7.32. The first-order valence-electron chi connectivity index (χ1n) is 9.69. The van der Waals surface area contributed by atoms with E-state index in [0.717, 1.165) is 19.3 Å². The van der Waals surface area contributed by atoms with Crippen LogP contribution in [-0.2, 0) is 14.4 Å². The lowest BCUT2D eigenvalue weighted by molar-refractivity contribution is -0.490. The summed E-state index contributed by atoms with van der Waals surface area (Å²) in [6.45, 7) is 2.87. The summed E-state index contributed by atoms with van der Waals surface area (Å²) in [5.74, 6) is -0.775. The summed E-state index contributed by atoms with van der Waals surface area (Å²) in [5, 5.41) is 9.23. The van der Waals surface area contributed by atoms with E-state index in [1.54, 1.807) is 0 Å². The molecule has 2 aliphatic carbocycles. The van der Waals surface area contributed by atoms with Crippen molar-refractivity contribution < 1.29 is 46.0 Å². The van der Waals surface area contributed by atoms with Crippen molar-refractivity contribution in [3.8, 4) is 0 Å². The van der Waals surface area contributed by atoms with Crippen molar-refractivity contribution in [3.05, 3.63) is 0 Å². The Hall–Kier alpha value is -0.580. The average molecular weight is 422 g/mol. The van der Waals surface area contributed by atoms with Crippen LogP contribution in [0.5, 0.6) is 0 Å². The molecule has 0 saturated heterocycles. The van der Waals surface area contributed by atoms with Gasteiger partial charge in [0.25, 0.3) is 5.60 Å². The first kappa shape index (κ1) is 23.7. The average Bonchev–Trinajstić information content (AvgIpc) is 3.07. The van der Waals surface area contributed by atoms with Crippen LogP contribution >= 0.6 is 0 Å². The van der Waals surface area contributed by atoms with E-state index in [9.17, 15) is 31.6 Å². The Bertz CT molecular complexity index is 479. The third-order valence-electron chi connectivity index (χ3n) is 5.74. The largest absolute Gasteiger partial charge is 0.429 e. The maximum Gasteiger partial charge on any atom is 0.429 e. The molecule has 1 atom stereocenters. The molecule has 0 aromatic rings. The van der Waals surface area contributed by atoms with Crippen molar-refractivity contribution in [2.75, 3.05) is 0 Å². The van der Waals surface area contributed by atoms with E-state index in [4.69, 9.17) is 9.47 Å². The van der Waals surface area contributed by atoms with Gasteiger partial charge in [0.2, 0.25) is 0 Å². The molecule has 0 amide bonds. The maximum absolute atomic E-state index is 14.1. The second kappa shape index (κ2) is 8.65. The molecule has 0 spiro atoms. The van der Waals surface area contributed by atoms with Gasteiger partial charge in [-0.25, -0.2) is 4.89 Å². The molecule has 2 saturated carbocycles. The van der Waals surface area contributed by atoms with Gasteiger partial charge in [0.05, 0.1) is 6.10 Å². The van der Waals surface area contributed by atoms with Crippen LogP contribution in [0.1, 0.15) is 71.6 Å². The van der Waals surface area contributed by atoms with E-state index >= 15 is 0 Å². The van der Waals surface area contributed by atoms with E-state index in [1.165, 1.54) is 13.8 Å². The van der Waals surface area contributed by atoms with E-state index in [1.807, 2.05) is 0 Å². The number of halogens is 6. The minimum atomic E-state index is -5.87. The number of ether oxygens (including phenoxy) is 2. The Morgan fingerprint density at radius 1 is 0.857 bits per heavy atom. The monoisotopic (exact) mass is 422 g/mol. The van der Waals surface area contributed by atoms with Gasteiger partial charge in [-0.3, -0.25) is 5.26 Å². The van der Waals surface area contributed by atoms with Crippen LogP contribution in [0.25, 0.3) is 0 Å². The zero-order valence-electron chi connectivity index (χ0n) is 16.0. The fraction of sp³-hybridized carbons (Fsp3) is 1.00.